The van der Waals surface area contributed by atoms with Gasteiger partial charge in [0.1, 0.15) is 11.3 Å². The number of amides is 1. The second-order valence-corrected chi connectivity index (χ2v) is 5.21. The summed E-state index contributed by atoms with van der Waals surface area (Å²) in [4.78, 5) is 15.7. The number of methoxy groups -OCH3 is 1. The lowest BCUT2D eigenvalue weighted by atomic mass is 10.1. The molecule has 3 rings (SSSR count). The Labute approximate surface area is 138 Å². The molecule has 0 aliphatic carbocycles. The van der Waals surface area contributed by atoms with Crippen LogP contribution in [-0.2, 0) is 4.79 Å². The Morgan fingerprint density at radius 2 is 1.83 bits per heavy atom. The van der Waals surface area contributed by atoms with Crippen LogP contribution < -0.4 is 15.4 Å². The average molecular weight is 325 g/mol. The van der Waals surface area contributed by atoms with Crippen molar-refractivity contribution >= 4 is 33.9 Å². The summed E-state index contributed by atoms with van der Waals surface area (Å²) in [5.41, 5.74) is 2.74. The molecule has 0 aliphatic heterocycles. The molecule has 6 heteroatoms. The summed E-state index contributed by atoms with van der Waals surface area (Å²) in [5.74, 6) is 0.0143. The van der Waals surface area contributed by atoms with Crippen LogP contribution in [0.15, 0.2) is 48.7 Å². The van der Waals surface area contributed by atoms with E-state index in [1.807, 2.05) is 12.1 Å². The zero-order valence-electron chi connectivity index (χ0n) is 13.3. The van der Waals surface area contributed by atoms with Crippen LogP contribution >= 0.6 is 0 Å². The Bertz CT molecular complexity index is 895. The molecule has 24 heavy (non-hydrogen) atoms. The third-order valence-electron chi connectivity index (χ3n) is 3.50. The molecule has 0 atom stereocenters. The van der Waals surface area contributed by atoms with E-state index in [-0.39, 0.29) is 11.7 Å². The fourth-order valence-electron chi connectivity index (χ4n) is 2.49. The number of ether oxygens (including phenoxy) is 1. The van der Waals surface area contributed by atoms with Crippen molar-refractivity contribution in [2.24, 2.45) is 0 Å². The van der Waals surface area contributed by atoms with Gasteiger partial charge in [0.15, 0.2) is 5.75 Å². The quantitative estimate of drug-likeness (QED) is 0.758. The lowest BCUT2D eigenvalue weighted by Crippen LogP contribution is -2.07. The first kappa shape index (κ1) is 15.7. The SMILES string of the molecule is COc1c(NC(C)=O)ccc2c(Nc3ccc(F)cc3)ccnc12. The Balaban J connectivity index is 2.06. The summed E-state index contributed by atoms with van der Waals surface area (Å²) in [5, 5.41) is 6.79. The standard InChI is InChI=1S/C18H16FN3O2/c1-11(23)21-16-8-7-14-15(9-10-20-17(14)18(16)24-2)22-13-5-3-12(19)4-6-13/h3-10H,1-2H3,(H,20,22)(H,21,23). The molecule has 1 amide bonds. The van der Waals surface area contributed by atoms with Crippen LogP contribution in [0.5, 0.6) is 5.75 Å². The minimum Gasteiger partial charge on any atom is -0.492 e. The molecule has 2 N–H and O–H groups in total. The number of carbonyl (C=O) groups is 1. The number of hydrogen-bond acceptors (Lipinski definition) is 4. The first-order valence-corrected chi connectivity index (χ1v) is 7.34. The lowest BCUT2D eigenvalue weighted by molar-refractivity contribution is -0.114. The number of nitrogens with one attached hydrogen (secondary N) is 2. The minimum atomic E-state index is -0.290. The van der Waals surface area contributed by atoms with Crippen molar-refractivity contribution in [3.05, 3.63) is 54.5 Å². The van der Waals surface area contributed by atoms with Gasteiger partial charge in [-0.2, -0.15) is 0 Å². The normalized spacial score (nSPS) is 10.5. The number of pyridine rings is 1. The molecule has 0 aliphatic rings. The summed E-state index contributed by atoms with van der Waals surface area (Å²) >= 11 is 0. The van der Waals surface area contributed by atoms with Crippen molar-refractivity contribution in [3.63, 3.8) is 0 Å². The molecule has 0 unspecified atom stereocenters. The zero-order chi connectivity index (χ0) is 17.1. The Hall–Kier alpha value is -3.15. The van der Waals surface area contributed by atoms with Gasteiger partial charge in [-0.1, -0.05) is 0 Å². The molecule has 122 valence electrons. The van der Waals surface area contributed by atoms with Crippen LogP contribution in [0.4, 0.5) is 21.5 Å². The molecule has 3 aromatic rings. The van der Waals surface area contributed by atoms with E-state index >= 15 is 0 Å². The highest BCUT2D eigenvalue weighted by Gasteiger charge is 2.13. The van der Waals surface area contributed by atoms with Gasteiger partial charge in [0.25, 0.3) is 0 Å². The van der Waals surface area contributed by atoms with E-state index in [4.69, 9.17) is 4.74 Å². The smallest absolute Gasteiger partial charge is 0.221 e. The van der Waals surface area contributed by atoms with Crippen LogP contribution in [0.25, 0.3) is 10.9 Å². The fourth-order valence-corrected chi connectivity index (χ4v) is 2.49. The van der Waals surface area contributed by atoms with Gasteiger partial charge < -0.3 is 15.4 Å². The van der Waals surface area contributed by atoms with Crippen molar-refractivity contribution in [2.45, 2.75) is 6.92 Å². The van der Waals surface area contributed by atoms with Crippen LogP contribution in [0, 0.1) is 5.82 Å². The number of nitrogens with zero attached hydrogens (tertiary/aromatic N) is 1. The van der Waals surface area contributed by atoms with Crippen LogP contribution in [0.1, 0.15) is 6.92 Å². The number of fused-ring (bicyclic) bond motifs is 1. The molecule has 1 aromatic heterocycles. The molecule has 0 spiro atoms. The summed E-state index contributed by atoms with van der Waals surface area (Å²) in [6.45, 7) is 1.43. The van der Waals surface area contributed by atoms with Gasteiger partial charge in [-0.3, -0.25) is 9.78 Å². The lowest BCUT2D eigenvalue weighted by Gasteiger charge is -2.14. The first-order valence-electron chi connectivity index (χ1n) is 7.34. The van der Waals surface area contributed by atoms with E-state index in [0.29, 0.717) is 17.0 Å². The number of hydrogen-bond donors (Lipinski definition) is 2. The number of aromatic nitrogens is 1. The average Bonchev–Trinajstić information content (AvgIpc) is 2.56. The highest BCUT2D eigenvalue weighted by atomic mass is 19.1. The van der Waals surface area contributed by atoms with Crippen molar-refractivity contribution in [2.75, 3.05) is 17.7 Å². The van der Waals surface area contributed by atoms with Gasteiger partial charge in [0.2, 0.25) is 5.91 Å². The molecule has 0 fully saturated rings. The largest absolute Gasteiger partial charge is 0.492 e. The van der Waals surface area contributed by atoms with E-state index in [2.05, 4.69) is 15.6 Å². The molecule has 2 aromatic carbocycles. The van der Waals surface area contributed by atoms with Crippen molar-refractivity contribution in [1.29, 1.82) is 0 Å². The maximum absolute atomic E-state index is 13.0. The van der Waals surface area contributed by atoms with E-state index in [9.17, 15) is 9.18 Å². The van der Waals surface area contributed by atoms with Crippen LogP contribution in [-0.4, -0.2) is 18.0 Å². The first-order chi connectivity index (χ1) is 11.6. The number of carbonyl (C=O) groups excluding carboxylic acids is 1. The van der Waals surface area contributed by atoms with Gasteiger partial charge in [0, 0.05) is 29.9 Å². The van der Waals surface area contributed by atoms with E-state index < -0.39 is 0 Å². The second kappa shape index (κ2) is 6.54. The van der Waals surface area contributed by atoms with E-state index in [1.165, 1.54) is 26.2 Å². The molecular weight excluding hydrogens is 309 g/mol. The number of halogens is 1. The fraction of sp³-hybridized carbons (Fsp3) is 0.111. The van der Waals surface area contributed by atoms with Crippen LogP contribution in [0.3, 0.4) is 0 Å². The number of anilines is 3. The van der Waals surface area contributed by atoms with E-state index in [0.717, 1.165) is 16.8 Å². The highest BCUT2D eigenvalue weighted by molar-refractivity contribution is 6.02. The maximum Gasteiger partial charge on any atom is 0.221 e. The maximum atomic E-state index is 13.0. The summed E-state index contributed by atoms with van der Waals surface area (Å²) in [7, 11) is 1.53. The molecular formula is C18H16FN3O2. The van der Waals surface area contributed by atoms with Crippen molar-refractivity contribution in [3.8, 4) is 5.75 Å². The highest BCUT2D eigenvalue weighted by Crippen LogP contribution is 2.36. The minimum absolute atomic E-state index is 0.187. The van der Waals surface area contributed by atoms with Gasteiger partial charge in [0.05, 0.1) is 12.8 Å². The van der Waals surface area contributed by atoms with Crippen LogP contribution in [0.2, 0.25) is 0 Å². The summed E-state index contributed by atoms with van der Waals surface area (Å²) in [6, 6.07) is 11.5. The Morgan fingerprint density at radius 1 is 1.08 bits per heavy atom. The van der Waals surface area contributed by atoms with Gasteiger partial charge >= 0.3 is 0 Å². The number of benzene rings is 2. The predicted octanol–water partition coefficient (Wildman–Crippen LogP) is 4.08. The predicted molar refractivity (Wildman–Crippen MR) is 92.3 cm³/mol. The molecule has 5 nitrogen and oxygen atoms in total. The monoisotopic (exact) mass is 325 g/mol. The molecule has 0 saturated heterocycles. The topological polar surface area (TPSA) is 63.2 Å². The molecule has 0 bridgehead atoms. The van der Waals surface area contributed by atoms with Gasteiger partial charge in [-0.15, -0.1) is 0 Å². The molecule has 1 heterocycles. The number of rotatable bonds is 4. The summed E-state index contributed by atoms with van der Waals surface area (Å²) in [6.07, 6.45) is 1.65. The molecule has 0 saturated carbocycles. The van der Waals surface area contributed by atoms with Crippen molar-refractivity contribution < 1.29 is 13.9 Å². The molecule has 0 radical (unpaired) electrons. The van der Waals surface area contributed by atoms with Crippen molar-refractivity contribution in [1.82, 2.24) is 4.98 Å². The van der Waals surface area contributed by atoms with E-state index in [1.54, 1.807) is 24.4 Å². The van der Waals surface area contributed by atoms with Gasteiger partial charge in [-0.25, -0.2) is 4.39 Å². The Kier molecular flexibility index (Phi) is 4.29. The zero-order valence-corrected chi connectivity index (χ0v) is 13.3. The Morgan fingerprint density at radius 3 is 2.50 bits per heavy atom. The second-order valence-electron chi connectivity index (χ2n) is 5.21. The van der Waals surface area contributed by atoms with Gasteiger partial charge in [-0.05, 0) is 42.5 Å². The third-order valence-corrected chi connectivity index (χ3v) is 3.50. The summed E-state index contributed by atoms with van der Waals surface area (Å²) < 4.78 is 18.5. The third kappa shape index (κ3) is 3.12.